The first-order chi connectivity index (χ1) is 6.88. The van der Waals surface area contributed by atoms with E-state index in [9.17, 15) is 0 Å². The highest BCUT2D eigenvalue weighted by molar-refractivity contribution is 5.01. The molecule has 0 spiro atoms. The predicted octanol–water partition coefficient (Wildman–Crippen LogP) is 1.16. The van der Waals surface area contributed by atoms with E-state index >= 15 is 0 Å². The second-order valence-electron chi connectivity index (χ2n) is 3.05. The molecule has 0 fully saturated rings. The van der Waals surface area contributed by atoms with Crippen LogP contribution in [0.15, 0.2) is 18.6 Å². The molecule has 1 aromatic heterocycles. The van der Waals surface area contributed by atoms with Crippen molar-refractivity contribution in [3.8, 4) is 0 Å². The third-order valence-corrected chi connectivity index (χ3v) is 1.92. The molecule has 0 aliphatic carbocycles. The highest BCUT2D eigenvalue weighted by Crippen LogP contribution is 2.07. The lowest BCUT2D eigenvalue weighted by Gasteiger charge is -2.14. The van der Waals surface area contributed by atoms with E-state index in [0.717, 1.165) is 18.7 Å². The van der Waals surface area contributed by atoms with Crippen molar-refractivity contribution in [2.24, 2.45) is 0 Å². The third kappa shape index (κ3) is 3.40. The van der Waals surface area contributed by atoms with Crippen LogP contribution in [0.25, 0.3) is 0 Å². The molecule has 1 atom stereocenters. The zero-order valence-electron chi connectivity index (χ0n) is 8.73. The molecule has 0 aliphatic rings. The molecule has 0 saturated heterocycles. The normalized spacial score (nSPS) is 12.7. The molecule has 14 heavy (non-hydrogen) atoms. The van der Waals surface area contributed by atoms with E-state index < -0.39 is 0 Å². The Balaban J connectivity index is 2.46. The summed E-state index contributed by atoms with van der Waals surface area (Å²) in [7, 11) is 1.90. The van der Waals surface area contributed by atoms with Crippen LogP contribution >= 0.6 is 0 Å². The molecule has 1 heterocycles. The summed E-state index contributed by atoms with van der Waals surface area (Å²) in [5.74, 6) is 0. The lowest BCUT2D eigenvalue weighted by Crippen LogP contribution is -2.23. The molecular weight excluding hydrogens is 178 g/mol. The molecule has 1 unspecified atom stereocenters. The summed E-state index contributed by atoms with van der Waals surface area (Å²) in [5.41, 5.74) is 0.922. The van der Waals surface area contributed by atoms with Crippen LogP contribution in [-0.4, -0.2) is 30.2 Å². The SMILES string of the molecule is CCCOCC(NC)c1cnccn1. The molecule has 0 radical (unpaired) electrons. The number of likely N-dealkylation sites (N-methyl/N-ethyl adjacent to an activating group) is 1. The number of nitrogens with zero attached hydrogens (tertiary/aromatic N) is 2. The van der Waals surface area contributed by atoms with Crippen molar-refractivity contribution in [3.63, 3.8) is 0 Å². The minimum Gasteiger partial charge on any atom is -0.379 e. The van der Waals surface area contributed by atoms with Gasteiger partial charge in [-0.3, -0.25) is 9.97 Å². The second kappa shape index (κ2) is 6.45. The van der Waals surface area contributed by atoms with Crippen LogP contribution in [0.5, 0.6) is 0 Å². The lowest BCUT2D eigenvalue weighted by molar-refractivity contribution is 0.113. The van der Waals surface area contributed by atoms with E-state index in [2.05, 4.69) is 22.2 Å². The molecule has 0 saturated carbocycles. The highest BCUT2D eigenvalue weighted by Gasteiger charge is 2.09. The van der Waals surface area contributed by atoms with Gasteiger partial charge in [0.1, 0.15) is 0 Å². The quantitative estimate of drug-likeness (QED) is 0.692. The minimum absolute atomic E-state index is 0.134. The summed E-state index contributed by atoms with van der Waals surface area (Å²) >= 11 is 0. The Morgan fingerprint density at radius 3 is 2.93 bits per heavy atom. The molecule has 0 aliphatic heterocycles. The van der Waals surface area contributed by atoms with Crippen molar-refractivity contribution >= 4 is 0 Å². The van der Waals surface area contributed by atoms with Crippen LogP contribution in [0.2, 0.25) is 0 Å². The predicted molar refractivity (Wildman–Crippen MR) is 54.9 cm³/mol. The van der Waals surface area contributed by atoms with E-state index in [0.29, 0.717) is 6.61 Å². The first kappa shape index (κ1) is 11.1. The van der Waals surface area contributed by atoms with Gasteiger partial charge in [0.25, 0.3) is 0 Å². The fourth-order valence-corrected chi connectivity index (χ4v) is 1.15. The van der Waals surface area contributed by atoms with Crippen molar-refractivity contribution in [3.05, 3.63) is 24.3 Å². The van der Waals surface area contributed by atoms with Crippen LogP contribution in [0.3, 0.4) is 0 Å². The van der Waals surface area contributed by atoms with E-state index in [4.69, 9.17) is 4.74 Å². The molecule has 1 N–H and O–H groups in total. The van der Waals surface area contributed by atoms with Crippen molar-refractivity contribution in [1.29, 1.82) is 0 Å². The number of aromatic nitrogens is 2. The van der Waals surface area contributed by atoms with Gasteiger partial charge in [-0.15, -0.1) is 0 Å². The maximum atomic E-state index is 5.46. The topological polar surface area (TPSA) is 47.0 Å². The van der Waals surface area contributed by atoms with Gasteiger partial charge >= 0.3 is 0 Å². The van der Waals surface area contributed by atoms with Gasteiger partial charge in [-0.2, -0.15) is 0 Å². The summed E-state index contributed by atoms with van der Waals surface area (Å²) in [6, 6.07) is 0.134. The Morgan fingerprint density at radius 2 is 2.36 bits per heavy atom. The summed E-state index contributed by atoms with van der Waals surface area (Å²) in [6.45, 7) is 3.53. The lowest BCUT2D eigenvalue weighted by atomic mass is 10.2. The zero-order valence-corrected chi connectivity index (χ0v) is 8.73. The fraction of sp³-hybridized carbons (Fsp3) is 0.600. The molecule has 78 valence electrons. The third-order valence-electron chi connectivity index (χ3n) is 1.92. The van der Waals surface area contributed by atoms with Crippen LogP contribution < -0.4 is 5.32 Å². The number of ether oxygens (including phenoxy) is 1. The van der Waals surface area contributed by atoms with Gasteiger partial charge in [0.2, 0.25) is 0 Å². The van der Waals surface area contributed by atoms with Crippen LogP contribution in [0.4, 0.5) is 0 Å². The fourth-order valence-electron chi connectivity index (χ4n) is 1.15. The Labute approximate surface area is 84.7 Å². The summed E-state index contributed by atoms with van der Waals surface area (Å²) in [5, 5.41) is 3.15. The Kier molecular flexibility index (Phi) is 5.11. The van der Waals surface area contributed by atoms with Crippen LogP contribution in [0, 0.1) is 0 Å². The average molecular weight is 195 g/mol. The summed E-state index contributed by atoms with van der Waals surface area (Å²) in [6.07, 6.45) is 6.16. The van der Waals surface area contributed by atoms with Crippen molar-refractivity contribution in [2.75, 3.05) is 20.3 Å². The summed E-state index contributed by atoms with van der Waals surface area (Å²) in [4.78, 5) is 8.25. The van der Waals surface area contributed by atoms with Crippen molar-refractivity contribution in [2.45, 2.75) is 19.4 Å². The molecule has 4 nitrogen and oxygen atoms in total. The van der Waals surface area contributed by atoms with Gasteiger partial charge in [0.15, 0.2) is 0 Å². The van der Waals surface area contributed by atoms with Gasteiger partial charge in [0.05, 0.1) is 24.5 Å². The Bertz CT molecular complexity index is 240. The van der Waals surface area contributed by atoms with Crippen molar-refractivity contribution in [1.82, 2.24) is 15.3 Å². The van der Waals surface area contributed by atoms with Crippen LogP contribution in [0.1, 0.15) is 25.1 Å². The summed E-state index contributed by atoms with van der Waals surface area (Å²) < 4.78 is 5.46. The van der Waals surface area contributed by atoms with Gasteiger partial charge in [-0.1, -0.05) is 6.92 Å². The van der Waals surface area contributed by atoms with E-state index in [1.165, 1.54) is 0 Å². The molecular formula is C10H17N3O. The molecule has 0 bridgehead atoms. The average Bonchev–Trinajstić information content (AvgIpc) is 2.26. The van der Waals surface area contributed by atoms with Gasteiger partial charge < -0.3 is 10.1 Å². The Morgan fingerprint density at radius 1 is 1.50 bits per heavy atom. The van der Waals surface area contributed by atoms with Crippen molar-refractivity contribution < 1.29 is 4.74 Å². The van der Waals surface area contributed by atoms with E-state index in [-0.39, 0.29) is 6.04 Å². The largest absolute Gasteiger partial charge is 0.379 e. The minimum atomic E-state index is 0.134. The molecule has 0 amide bonds. The zero-order chi connectivity index (χ0) is 10.2. The first-order valence-corrected chi connectivity index (χ1v) is 4.89. The standard InChI is InChI=1S/C10H17N3O/c1-3-6-14-8-10(11-2)9-7-12-4-5-13-9/h4-5,7,10-11H,3,6,8H2,1-2H3. The Hall–Kier alpha value is -1.00. The number of rotatable bonds is 6. The molecule has 1 rings (SSSR count). The highest BCUT2D eigenvalue weighted by atomic mass is 16.5. The van der Waals surface area contributed by atoms with E-state index in [1.54, 1.807) is 18.6 Å². The molecule has 1 aromatic rings. The number of nitrogens with one attached hydrogen (secondary N) is 1. The number of hydrogen-bond acceptors (Lipinski definition) is 4. The maximum Gasteiger partial charge on any atom is 0.0779 e. The molecule has 4 heteroatoms. The monoisotopic (exact) mass is 195 g/mol. The van der Waals surface area contributed by atoms with Crippen LogP contribution in [-0.2, 0) is 4.74 Å². The van der Waals surface area contributed by atoms with Gasteiger partial charge in [-0.25, -0.2) is 0 Å². The van der Waals surface area contributed by atoms with E-state index in [1.807, 2.05) is 7.05 Å². The van der Waals surface area contributed by atoms with Gasteiger partial charge in [0, 0.05) is 19.0 Å². The number of hydrogen-bond donors (Lipinski definition) is 1. The smallest absolute Gasteiger partial charge is 0.0779 e. The first-order valence-electron chi connectivity index (χ1n) is 4.89. The molecule has 0 aromatic carbocycles. The maximum absolute atomic E-state index is 5.46. The second-order valence-corrected chi connectivity index (χ2v) is 3.05. The van der Waals surface area contributed by atoms with Gasteiger partial charge in [-0.05, 0) is 13.5 Å².